The van der Waals surface area contributed by atoms with E-state index < -0.39 is 0 Å². The minimum absolute atomic E-state index is 0.448. The van der Waals surface area contributed by atoms with Crippen LogP contribution in [0, 0.1) is 0 Å². The van der Waals surface area contributed by atoms with Crippen molar-refractivity contribution in [2.75, 3.05) is 24.9 Å². The fourth-order valence-electron chi connectivity index (χ4n) is 1.76. The summed E-state index contributed by atoms with van der Waals surface area (Å²) in [5.74, 6) is 1.13. The smallest absolute Gasteiger partial charge is 0.175 e. The van der Waals surface area contributed by atoms with Gasteiger partial charge in [0.2, 0.25) is 0 Å². The number of para-hydroxylation sites is 1. The largest absolute Gasteiger partial charge is 0.495 e. The molecule has 0 spiro atoms. The molecule has 0 atom stereocenters. The van der Waals surface area contributed by atoms with E-state index in [4.69, 9.17) is 33.3 Å². The molecule has 0 fully saturated rings. The molecule has 0 heterocycles. The maximum atomic E-state index is 6.07. The molecule has 0 amide bonds. The summed E-state index contributed by atoms with van der Waals surface area (Å²) >= 11 is 11.4. The van der Waals surface area contributed by atoms with Crippen LogP contribution in [0.2, 0.25) is 5.02 Å². The molecule has 0 aliphatic heterocycles. The Balaban J connectivity index is 2.16. The summed E-state index contributed by atoms with van der Waals surface area (Å²) in [4.78, 5) is 0. The van der Waals surface area contributed by atoms with Gasteiger partial charge in [-0.15, -0.1) is 0 Å². The highest BCUT2D eigenvalue weighted by molar-refractivity contribution is 7.80. The fourth-order valence-corrected chi connectivity index (χ4v) is 2.22. The van der Waals surface area contributed by atoms with Crippen molar-refractivity contribution in [1.29, 1.82) is 0 Å². The van der Waals surface area contributed by atoms with Crippen molar-refractivity contribution >= 4 is 40.3 Å². The Hall–Kier alpha value is -1.98. The summed E-state index contributed by atoms with van der Waals surface area (Å²) in [6.07, 6.45) is 0. The van der Waals surface area contributed by atoms with Crippen LogP contribution in [0.15, 0.2) is 42.5 Å². The summed E-state index contributed by atoms with van der Waals surface area (Å²) in [5.41, 5.74) is 1.57. The van der Waals surface area contributed by atoms with Crippen molar-refractivity contribution in [3.63, 3.8) is 0 Å². The molecule has 2 aromatic rings. The molecule has 2 rings (SSSR count). The lowest BCUT2D eigenvalue weighted by Gasteiger charge is -2.15. The Morgan fingerprint density at radius 3 is 2.29 bits per heavy atom. The lowest BCUT2D eigenvalue weighted by molar-refractivity contribution is 0.405. The first-order valence-corrected chi connectivity index (χ1v) is 6.97. The highest BCUT2D eigenvalue weighted by atomic mass is 35.5. The van der Waals surface area contributed by atoms with E-state index in [0.29, 0.717) is 27.3 Å². The zero-order chi connectivity index (χ0) is 15.2. The van der Waals surface area contributed by atoms with Crippen LogP contribution in [-0.2, 0) is 0 Å². The number of ether oxygens (including phenoxy) is 2. The van der Waals surface area contributed by atoms with Crippen molar-refractivity contribution in [2.24, 2.45) is 0 Å². The molecule has 0 aliphatic carbocycles. The molecule has 0 saturated heterocycles. The van der Waals surface area contributed by atoms with Crippen LogP contribution in [-0.4, -0.2) is 19.3 Å². The molecule has 110 valence electrons. The van der Waals surface area contributed by atoms with E-state index in [0.717, 1.165) is 5.69 Å². The monoisotopic (exact) mass is 322 g/mol. The lowest BCUT2D eigenvalue weighted by atomic mass is 10.2. The number of benzene rings is 2. The van der Waals surface area contributed by atoms with Crippen molar-refractivity contribution in [3.8, 4) is 11.5 Å². The minimum Gasteiger partial charge on any atom is -0.495 e. The van der Waals surface area contributed by atoms with Gasteiger partial charge in [-0.05, 0) is 24.4 Å². The SMILES string of the molecule is COc1cc(NC(=S)Nc2ccccc2)c(OC)cc1Cl. The van der Waals surface area contributed by atoms with Crippen LogP contribution in [0.25, 0.3) is 0 Å². The number of anilines is 2. The molecule has 4 nitrogen and oxygen atoms in total. The predicted molar refractivity (Wildman–Crippen MR) is 90.8 cm³/mol. The molecule has 0 aromatic heterocycles. The highest BCUT2D eigenvalue weighted by Crippen LogP contribution is 2.35. The third kappa shape index (κ3) is 4.00. The van der Waals surface area contributed by atoms with Gasteiger partial charge in [0.25, 0.3) is 0 Å². The topological polar surface area (TPSA) is 42.5 Å². The second-order valence-electron chi connectivity index (χ2n) is 4.13. The zero-order valence-electron chi connectivity index (χ0n) is 11.6. The van der Waals surface area contributed by atoms with Crippen LogP contribution in [0.5, 0.6) is 11.5 Å². The summed E-state index contributed by atoms with van der Waals surface area (Å²) < 4.78 is 10.5. The number of nitrogens with one attached hydrogen (secondary N) is 2. The van der Waals surface area contributed by atoms with Crippen LogP contribution >= 0.6 is 23.8 Å². The Kier molecular flexibility index (Phi) is 5.25. The second-order valence-corrected chi connectivity index (χ2v) is 4.95. The first kappa shape index (κ1) is 15.4. The summed E-state index contributed by atoms with van der Waals surface area (Å²) in [6.45, 7) is 0. The average molecular weight is 323 g/mol. The molecular formula is C15H15ClN2O2S. The average Bonchev–Trinajstić information content (AvgIpc) is 2.49. The molecule has 0 aliphatic rings. The first-order valence-electron chi connectivity index (χ1n) is 6.18. The van der Waals surface area contributed by atoms with Gasteiger partial charge >= 0.3 is 0 Å². The van der Waals surface area contributed by atoms with Crippen LogP contribution in [0.4, 0.5) is 11.4 Å². The Labute approximate surface area is 134 Å². The Morgan fingerprint density at radius 2 is 1.67 bits per heavy atom. The predicted octanol–water partition coefficient (Wildman–Crippen LogP) is 4.17. The molecule has 6 heteroatoms. The number of methoxy groups -OCH3 is 2. The van der Waals surface area contributed by atoms with Gasteiger partial charge in [0.1, 0.15) is 11.5 Å². The lowest BCUT2D eigenvalue weighted by Crippen LogP contribution is -2.19. The van der Waals surface area contributed by atoms with E-state index in [1.54, 1.807) is 26.4 Å². The van der Waals surface area contributed by atoms with Gasteiger partial charge in [0, 0.05) is 17.8 Å². The van der Waals surface area contributed by atoms with Crippen molar-refractivity contribution in [2.45, 2.75) is 0 Å². The van der Waals surface area contributed by atoms with E-state index in [1.165, 1.54) is 0 Å². The van der Waals surface area contributed by atoms with Crippen LogP contribution in [0.3, 0.4) is 0 Å². The Bertz CT molecular complexity index is 635. The number of thiocarbonyl (C=S) groups is 1. The van der Waals surface area contributed by atoms with E-state index in [2.05, 4.69) is 10.6 Å². The van der Waals surface area contributed by atoms with Crippen LogP contribution in [0.1, 0.15) is 0 Å². The highest BCUT2D eigenvalue weighted by Gasteiger charge is 2.11. The van der Waals surface area contributed by atoms with Crippen LogP contribution < -0.4 is 20.1 Å². The third-order valence-corrected chi connectivity index (χ3v) is 3.25. The van der Waals surface area contributed by atoms with Gasteiger partial charge in [0.15, 0.2) is 5.11 Å². The fraction of sp³-hybridized carbons (Fsp3) is 0.133. The van der Waals surface area contributed by atoms with Gasteiger partial charge in [-0.2, -0.15) is 0 Å². The number of hydrogen-bond donors (Lipinski definition) is 2. The third-order valence-electron chi connectivity index (χ3n) is 2.75. The van der Waals surface area contributed by atoms with Gasteiger partial charge in [-0.25, -0.2) is 0 Å². The maximum absolute atomic E-state index is 6.07. The molecule has 2 aromatic carbocycles. The molecule has 0 bridgehead atoms. The zero-order valence-corrected chi connectivity index (χ0v) is 13.2. The van der Waals surface area contributed by atoms with E-state index in [1.807, 2.05) is 30.3 Å². The normalized spacial score (nSPS) is 9.86. The van der Waals surface area contributed by atoms with Crippen molar-refractivity contribution in [3.05, 3.63) is 47.5 Å². The quantitative estimate of drug-likeness (QED) is 0.827. The summed E-state index contributed by atoms with van der Waals surface area (Å²) in [7, 11) is 3.12. The number of rotatable bonds is 4. The maximum Gasteiger partial charge on any atom is 0.175 e. The number of hydrogen-bond acceptors (Lipinski definition) is 3. The van der Waals surface area contributed by atoms with E-state index >= 15 is 0 Å². The summed E-state index contributed by atoms with van der Waals surface area (Å²) in [6, 6.07) is 13.1. The molecule has 2 N–H and O–H groups in total. The van der Waals surface area contributed by atoms with Gasteiger partial charge in [-0.1, -0.05) is 29.8 Å². The van der Waals surface area contributed by atoms with E-state index in [-0.39, 0.29) is 0 Å². The molecule has 0 radical (unpaired) electrons. The van der Waals surface area contributed by atoms with E-state index in [9.17, 15) is 0 Å². The van der Waals surface area contributed by atoms with Gasteiger partial charge in [-0.3, -0.25) is 0 Å². The molecule has 0 unspecified atom stereocenters. The number of halogens is 1. The Morgan fingerprint density at radius 1 is 1.00 bits per heavy atom. The van der Waals surface area contributed by atoms with Gasteiger partial charge < -0.3 is 20.1 Å². The first-order chi connectivity index (χ1) is 10.1. The molecule has 0 saturated carbocycles. The summed E-state index contributed by atoms with van der Waals surface area (Å²) in [5, 5.41) is 7.08. The van der Waals surface area contributed by atoms with Crippen molar-refractivity contribution < 1.29 is 9.47 Å². The van der Waals surface area contributed by atoms with Gasteiger partial charge in [0.05, 0.1) is 24.9 Å². The standard InChI is InChI=1S/C15H15ClN2O2S/c1-19-13-9-12(14(20-2)8-11(13)16)18-15(21)17-10-6-4-3-5-7-10/h3-9H,1-2H3,(H2,17,18,21). The molecule has 21 heavy (non-hydrogen) atoms. The van der Waals surface area contributed by atoms with Crippen molar-refractivity contribution in [1.82, 2.24) is 0 Å². The molecular weight excluding hydrogens is 308 g/mol. The minimum atomic E-state index is 0.448. The second kappa shape index (κ2) is 7.15.